The molecule has 1 aromatic heterocycles. The highest BCUT2D eigenvalue weighted by molar-refractivity contribution is 7.96. The average Bonchev–Trinajstić information content (AvgIpc) is 2.95. The van der Waals surface area contributed by atoms with Crippen LogP contribution in [0.4, 0.5) is 0 Å². The van der Waals surface area contributed by atoms with E-state index in [9.17, 15) is 36.0 Å². The third kappa shape index (κ3) is 4.48. The molecule has 2 rings (SSSR count). The van der Waals surface area contributed by atoms with Gasteiger partial charge >= 0.3 is 17.6 Å². The zero-order valence-corrected chi connectivity index (χ0v) is 15.9. The Morgan fingerprint density at radius 1 is 1.14 bits per heavy atom. The number of aromatic nitrogens is 2. The molecular weight excluding hydrogens is 424 g/mol. The van der Waals surface area contributed by atoms with E-state index in [1.807, 2.05) is 4.98 Å². The van der Waals surface area contributed by atoms with Crippen molar-refractivity contribution in [3.63, 3.8) is 0 Å². The van der Waals surface area contributed by atoms with Crippen LogP contribution in [-0.4, -0.2) is 70.7 Å². The van der Waals surface area contributed by atoms with Gasteiger partial charge in [-0.15, -0.1) is 0 Å². The molecule has 3 N–H and O–H groups in total. The van der Waals surface area contributed by atoms with Gasteiger partial charge in [0.1, 0.15) is 17.2 Å². The van der Waals surface area contributed by atoms with Crippen LogP contribution in [0.25, 0.3) is 0 Å². The van der Waals surface area contributed by atoms with Gasteiger partial charge in [-0.05, 0) is 6.92 Å². The predicted molar refractivity (Wildman–Crippen MR) is 91.2 cm³/mol. The highest BCUT2D eigenvalue weighted by atomic mass is 32.2. The lowest BCUT2D eigenvalue weighted by Crippen LogP contribution is -2.41. The molecule has 1 aliphatic rings. The summed E-state index contributed by atoms with van der Waals surface area (Å²) in [5.41, 5.74) is -3.88. The third-order valence-corrected chi connectivity index (χ3v) is 7.93. The van der Waals surface area contributed by atoms with Gasteiger partial charge in [-0.3, -0.25) is 23.9 Å². The minimum absolute atomic E-state index is 0.0463. The lowest BCUT2D eigenvalue weighted by molar-refractivity contribution is -0.135. The predicted octanol–water partition coefficient (Wildman–Crippen LogP) is -2.54. The highest BCUT2D eigenvalue weighted by Crippen LogP contribution is 2.35. The van der Waals surface area contributed by atoms with Crippen LogP contribution < -0.4 is 11.2 Å². The van der Waals surface area contributed by atoms with Gasteiger partial charge in [-0.25, -0.2) is 21.6 Å². The number of carboxylic acids is 2. The number of nitrogens with zero attached hydrogens (tertiary/aromatic N) is 1. The smallest absolute Gasteiger partial charge is 0.330 e. The zero-order chi connectivity index (χ0) is 21.4. The van der Waals surface area contributed by atoms with Crippen molar-refractivity contribution in [2.45, 2.75) is 30.3 Å². The zero-order valence-electron chi connectivity index (χ0n) is 14.3. The minimum Gasteiger partial charge on any atom is -0.480 e. The molecule has 0 radical (unpaired) electrons. The Kier molecular flexibility index (Phi) is 5.82. The largest absolute Gasteiger partial charge is 0.480 e. The third-order valence-electron chi connectivity index (χ3n) is 3.95. The summed E-state index contributed by atoms with van der Waals surface area (Å²) in [4.78, 5) is 47.0. The van der Waals surface area contributed by atoms with Crippen molar-refractivity contribution in [3.8, 4) is 0 Å². The fourth-order valence-corrected chi connectivity index (χ4v) is 6.57. The fraction of sp³-hybridized carbons (Fsp3) is 0.538. The van der Waals surface area contributed by atoms with E-state index in [0.717, 1.165) is 10.8 Å². The number of rotatable bonds is 7. The summed E-state index contributed by atoms with van der Waals surface area (Å²) in [5, 5.41) is 15.6. The topological polar surface area (TPSA) is 207 Å². The Labute approximate surface area is 157 Å². The molecule has 1 aliphatic heterocycles. The van der Waals surface area contributed by atoms with Gasteiger partial charge in [0.2, 0.25) is 0 Å². The number of nitrogens with one attached hydrogen (secondary N) is 1. The number of sulfone groups is 2. The van der Waals surface area contributed by atoms with Crippen molar-refractivity contribution in [3.05, 3.63) is 32.6 Å². The molecule has 0 aliphatic carbocycles. The number of hydrogen-bond acceptors (Lipinski definition) is 9. The van der Waals surface area contributed by atoms with Gasteiger partial charge in [-0.2, -0.15) is 0 Å². The number of carbonyl (C=O) groups is 2. The number of aliphatic carboxylic acids is 2. The van der Waals surface area contributed by atoms with Crippen molar-refractivity contribution in [1.29, 1.82) is 0 Å². The van der Waals surface area contributed by atoms with Gasteiger partial charge in [-0.1, -0.05) is 0 Å². The highest BCUT2D eigenvalue weighted by Gasteiger charge is 2.51. The van der Waals surface area contributed by atoms with Crippen LogP contribution in [0.3, 0.4) is 0 Å². The SMILES string of the molecule is Cc1cn(C2CC(S(=O)(=O)CC(=O)O)C(S(=O)(=O)CC(=O)O)O2)c(=O)[nH]c1=O. The lowest BCUT2D eigenvalue weighted by atomic mass is 10.3. The maximum absolute atomic E-state index is 12.4. The second-order valence-electron chi connectivity index (χ2n) is 6.11. The first-order valence-corrected chi connectivity index (χ1v) is 11.0. The van der Waals surface area contributed by atoms with Crippen LogP contribution in [-0.2, 0) is 34.0 Å². The molecule has 13 nitrogen and oxygen atoms in total. The summed E-state index contributed by atoms with van der Waals surface area (Å²) in [6, 6.07) is 0. The van der Waals surface area contributed by atoms with Gasteiger partial charge in [0, 0.05) is 18.2 Å². The van der Waals surface area contributed by atoms with Gasteiger partial charge in [0.15, 0.2) is 30.9 Å². The average molecular weight is 440 g/mol. The molecule has 15 heteroatoms. The maximum atomic E-state index is 12.4. The normalized spacial score (nSPS) is 22.8. The van der Waals surface area contributed by atoms with Crippen LogP contribution >= 0.6 is 0 Å². The maximum Gasteiger partial charge on any atom is 0.330 e. The number of hydrogen-bond donors (Lipinski definition) is 3. The monoisotopic (exact) mass is 440 g/mol. The first-order valence-electron chi connectivity index (χ1n) is 7.59. The van der Waals surface area contributed by atoms with Gasteiger partial charge < -0.3 is 14.9 Å². The summed E-state index contributed by atoms with van der Waals surface area (Å²) in [6.45, 7) is 1.33. The Balaban J connectivity index is 2.55. The molecular formula is C13H16N2O11S2. The van der Waals surface area contributed by atoms with Crippen molar-refractivity contribution in [1.82, 2.24) is 9.55 Å². The molecule has 3 atom stereocenters. The van der Waals surface area contributed by atoms with Crippen molar-refractivity contribution >= 4 is 31.6 Å². The first kappa shape index (κ1) is 21.8. The molecule has 1 saturated heterocycles. The van der Waals surface area contributed by atoms with E-state index < -0.39 is 77.7 Å². The molecule has 0 spiro atoms. The van der Waals surface area contributed by atoms with Crippen LogP contribution in [0.2, 0.25) is 0 Å². The summed E-state index contributed by atoms with van der Waals surface area (Å²) in [7, 11) is -9.26. The minimum atomic E-state index is -4.68. The van der Waals surface area contributed by atoms with E-state index in [0.29, 0.717) is 0 Å². The number of carboxylic acid groups (broad SMARTS) is 2. The fourth-order valence-electron chi connectivity index (χ4n) is 2.75. The van der Waals surface area contributed by atoms with E-state index in [4.69, 9.17) is 14.9 Å². The molecule has 2 heterocycles. The number of aryl methyl sites for hydroxylation is 1. The van der Waals surface area contributed by atoms with Gasteiger partial charge in [0.25, 0.3) is 5.56 Å². The summed E-state index contributed by atoms with van der Waals surface area (Å²) in [5.74, 6) is -6.37. The van der Waals surface area contributed by atoms with Crippen LogP contribution in [0.5, 0.6) is 0 Å². The van der Waals surface area contributed by atoms with Crippen molar-refractivity contribution in [2.24, 2.45) is 0 Å². The second kappa shape index (κ2) is 7.48. The summed E-state index contributed by atoms with van der Waals surface area (Å²) in [6.07, 6.45) is -1.09. The Morgan fingerprint density at radius 3 is 2.21 bits per heavy atom. The van der Waals surface area contributed by atoms with E-state index in [1.54, 1.807) is 0 Å². The standard InChI is InChI=1S/C13H16N2O11S2/c1-6-3-15(13(21)14-11(6)20)8-2-7(27(22,23)4-9(16)17)12(26-8)28(24,25)5-10(18)19/h3,7-8,12H,2,4-5H2,1H3,(H,16,17)(H,18,19)(H,14,20,21). The van der Waals surface area contributed by atoms with Crippen molar-refractivity contribution < 1.29 is 41.4 Å². The van der Waals surface area contributed by atoms with E-state index in [-0.39, 0.29) is 5.56 Å². The van der Waals surface area contributed by atoms with E-state index >= 15 is 0 Å². The Hall–Kier alpha value is -2.52. The van der Waals surface area contributed by atoms with E-state index in [2.05, 4.69) is 0 Å². The summed E-state index contributed by atoms with van der Waals surface area (Å²) >= 11 is 0. The molecule has 1 fully saturated rings. The molecule has 0 aromatic carbocycles. The van der Waals surface area contributed by atoms with Gasteiger partial charge in [0.05, 0.1) is 0 Å². The summed E-state index contributed by atoms with van der Waals surface area (Å²) < 4.78 is 55.3. The molecule has 0 saturated carbocycles. The second-order valence-corrected chi connectivity index (χ2v) is 10.4. The quantitative estimate of drug-likeness (QED) is 0.402. The van der Waals surface area contributed by atoms with E-state index in [1.165, 1.54) is 6.92 Å². The van der Waals surface area contributed by atoms with Crippen LogP contribution in [0.15, 0.2) is 15.8 Å². The van der Waals surface area contributed by atoms with Crippen molar-refractivity contribution in [2.75, 3.05) is 11.5 Å². The molecule has 156 valence electrons. The molecule has 1 aromatic rings. The lowest BCUT2D eigenvalue weighted by Gasteiger charge is -2.17. The molecule has 28 heavy (non-hydrogen) atoms. The van der Waals surface area contributed by atoms with Crippen LogP contribution in [0.1, 0.15) is 18.2 Å². The Bertz CT molecular complexity index is 1080. The molecule has 0 bridgehead atoms. The number of ether oxygens (including phenoxy) is 1. The number of H-pyrrole nitrogens is 1. The number of aromatic amines is 1. The Morgan fingerprint density at radius 2 is 1.68 bits per heavy atom. The molecule has 3 unspecified atom stereocenters. The molecule has 0 amide bonds. The first-order chi connectivity index (χ1) is 12.7. The van der Waals surface area contributed by atoms with Crippen LogP contribution in [0, 0.1) is 6.92 Å².